The number of hydrogen-bond donors (Lipinski definition) is 2. The largest absolute Gasteiger partial charge is 0.465 e. The second kappa shape index (κ2) is 8.49. The predicted molar refractivity (Wildman–Crippen MR) is 109 cm³/mol. The normalized spacial score (nSPS) is 10.2. The zero-order chi connectivity index (χ0) is 20.1. The Labute approximate surface area is 166 Å². The topological polar surface area (TPSA) is 84.5 Å². The summed E-state index contributed by atoms with van der Waals surface area (Å²) in [6.45, 7) is 1.90. The van der Waals surface area contributed by atoms with Crippen LogP contribution in [0.5, 0.6) is 0 Å². The molecule has 0 unspecified atom stereocenters. The summed E-state index contributed by atoms with van der Waals surface area (Å²) in [5, 5.41) is 6.03. The van der Waals surface area contributed by atoms with Gasteiger partial charge in [-0.05, 0) is 43.3 Å². The Hall–Kier alpha value is -3.45. The van der Waals surface area contributed by atoms with Gasteiger partial charge in [-0.1, -0.05) is 29.8 Å². The maximum Gasteiger partial charge on any atom is 0.348 e. The molecule has 1 heterocycles. The van der Waals surface area contributed by atoms with Crippen molar-refractivity contribution < 1.29 is 19.1 Å². The van der Waals surface area contributed by atoms with Crippen molar-refractivity contribution in [2.24, 2.45) is 0 Å². The lowest BCUT2D eigenvalue weighted by atomic mass is 10.1. The van der Waals surface area contributed by atoms with Gasteiger partial charge in [0, 0.05) is 5.56 Å². The quantitative estimate of drug-likeness (QED) is 0.630. The molecule has 0 saturated heterocycles. The second-order valence-electron chi connectivity index (χ2n) is 5.98. The molecule has 0 aliphatic carbocycles. The first kappa shape index (κ1) is 19.3. The molecule has 2 amide bonds. The fourth-order valence-electron chi connectivity index (χ4n) is 2.57. The van der Waals surface area contributed by atoms with E-state index < -0.39 is 11.9 Å². The van der Waals surface area contributed by atoms with Crippen LogP contribution in [0.3, 0.4) is 0 Å². The molecule has 0 aliphatic heterocycles. The summed E-state index contributed by atoms with van der Waals surface area (Å²) < 4.78 is 4.66. The van der Waals surface area contributed by atoms with Gasteiger partial charge in [0.05, 0.1) is 23.4 Å². The lowest BCUT2D eigenvalue weighted by molar-refractivity contribution is 0.0606. The average Bonchev–Trinajstić information content (AvgIpc) is 3.16. The highest BCUT2D eigenvalue weighted by molar-refractivity contribution is 7.18. The number of amides is 2. The molecule has 3 aromatic rings. The number of rotatable bonds is 5. The van der Waals surface area contributed by atoms with Gasteiger partial charge in [-0.2, -0.15) is 0 Å². The van der Waals surface area contributed by atoms with E-state index in [1.807, 2.05) is 13.0 Å². The van der Waals surface area contributed by atoms with E-state index in [1.165, 1.54) is 7.11 Å². The molecule has 0 aliphatic rings. The average molecular weight is 394 g/mol. The maximum absolute atomic E-state index is 12.7. The van der Waals surface area contributed by atoms with Crippen molar-refractivity contribution in [3.63, 3.8) is 0 Å². The molecule has 28 heavy (non-hydrogen) atoms. The second-order valence-corrected chi connectivity index (χ2v) is 7.06. The molecule has 0 spiro atoms. The summed E-state index contributed by atoms with van der Waals surface area (Å²) >= 11 is 1.11. The zero-order valence-corrected chi connectivity index (χ0v) is 16.1. The van der Waals surface area contributed by atoms with E-state index in [4.69, 9.17) is 0 Å². The fraction of sp³-hybridized carbons (Fsp3) is 0.0952. The third-order valence-electron chi connectivity index (χ3n) is 3.93. The highest BCUT2D eigenvalue weighted by atomic mass is 32.1. The highest BCUT2D eigenvalue weighted by Gasteiger charge is 2.16. The minimum absolute atomic E-state index is 0.298. The lowest BCUT2D eigenvalue weighted by Gasteiger charge is -2.11. The van der Waals surface area contributed by atoms with Gasteiger partial charge in [-0.15, -0.1) is 11.3 Å². The molecule has 0 bridgehead atoms. The molecule has 0 atom stereocenters. The summed E-state index contributed by atoms with van der Waals surface area (Å²) in [5.41, 5.74) is 2.20. The number of carbonyl (C=O) groups excluding carboxylic acids is 3. The van der Waals surface area contributed by atoms with Gasteiger partial charge in [-0.3, -0.25) is 9.59 Å². The third kappa shape index (κ3) is 4.44. The van der Waals surface area contributed by atoms with Crippen LogP contribution in [-0.2, 0) is 4.74 Å². The van der Waals surface area contributed by atoms with E-state index >= 15 is 0 Å². The molecule has 0 radical (unpaired) electrons. The van der Waals surface area contributed by atoms with Crippen LogP contribution in [0.15, 0.2) is 60.7 Å². The first-order valence-corrected chi connectivity index (χ1v) is 9.26. The van der Waals surface area contributed by atoms with Crippen LogP contribution in [0.25, 0.3) is 0 Å². The minimum Gasteiger partial charge on any atom is -0.465 e. The maximum atomic E-state index is 12.7. The summed E-state index contributed by atoms with van der Waals surface area (Å²) in [6.07, 6.45) is 0. The number of thiophene rings is 1. The van der Waals surface area contributed by atoms with Crippen LogP contribution in [0, 0.1) is 6.92 Å². The number of carbonyl (C=O) groups is 3. The van der Waals surface area contributed by atoms with E-state index in [2.05, 4.69) is 15.4 Å². The zero-order valence-electron chi connectivity index (χ0n) is 15.3. The molecule has 7 heteroatoms. The Morgan fingerprint density at radius 1 is 0.893 bits per heavy atom. The smallest absolute Gasteiger partial charge is 0.348 e. The number of esters is 1. The molecule has 6 nitrogen and oxygen atoms in total. The highest BCUT2D eigenvalue weighted by Crippen LogP contribution is 2.24. The van der Waals surface area contributed by atoms with Gasteiger partial charge >= 0.3 is 5.97 Å². The van der Waals surface area contributed by atoms with E-state index in [-0.39, 0.29) is 5.91 Å². The third-order valence-corrected chi connectivity index (χ3v) is 4.91. The van der Waals surface area contributed by atoms with Gasteiger partial charge in [0.15, 0.2) is 0 Å². The van der Waals surface area contributed by atoms with Crippen molar-refractivity contribution in [2.75, 3.05) is 17.7 Å². The number of nitrogens with one attached hydrogen (secondary N) is 2. The van der Waals surface area contributed by atoms with E-state index in [9.17, 15) is 14.4 Å². The molecule has 2 aromatic carbocycles. The van der Waals surface area contributed by atoms with Crippen molar-refractivity contribution in [1.29, 1.82) is 0 Å². The molecule has 0 saturated carbocycles. The Kier molecular flexibility index (Phi) is 5.86. The number of ether oxygens (including phenoxy) is 1. The summed E-state index contributed by atoms with van der Waals surface area (Å²) in [7, 11) is 1.30. The van der Waals surface area contributed by atoms with Crippen molar-refractivity contribution >= 4 is 39.8 Å². The number of para-hydroxylation sites is 1. The molecule has 3 rings (SSSR count). The van der Waals surface area contributed by atoms with Crippen molar-refractivity contribution in [1.82, 2.24) is 0 Å². The first-order valence-electron chi connectivity index (χ1n) is 8.44. The van der Waals surface area contributed by atoms with Crippen molar-refractivity contribution in [3.8, 4) is 0 Å². The van der Waals surface area contributed by atoms with Gasteiger partial charge in [0.25, 0.3) is 11.8 Å². The molecular formula is C21H18N2O4S. The monoisotopic (exact) mass is 394 g/mol. The number of aryl methyl sites for hydroxylation is 1. The van der Waals surface area contributed by atoms with Crippen LogP contribution in [-0.4, -0.2) is 24.9 Å². The predicted octanol–water partition coefficient (Wildman–Crippen LogP) is 4.35. The summed E-state index contributed by atoms with van der Waals surface area (Å²) in [4.78, 5) is 37.1. The lowest BCUT2D eigenvalue weighted by Crippen LogP contribution is -2.18. The Bertz CT molecular complexity index is 1040. The van der Waals surface area contributed by atoms with Crippen molar-refractivity contribution in [3.05, 3.63) is 82.2 Å². The number of hydrogen-bond acceptors (Lipinski definition) is 5. The molecule has 142 valence electrons. The van der Waals surface area contributed by atoms with Crippen LogP contribution >= 0.6 is 11.3 Å². The molecule has 1 aromatic heterocycles. The van der Waals surface area contributed by atoms with E-state index in [1.54, 1.807) is 54.6 Å². The number of anilines is 2. The number of benzene rings is 2. The van der Waals surface area contributed by atoms with Crippen LogP contribution < -0.4 is 10.6 Å². The van der Waals surface area contributed by atoms with E-state index in [0.717, 1.165) is 16.9 Å². The van der Waals surface area contributed by atoms with Gasteiger partial charge in [-0.25, -0.2) is 4.79 Å². The Balaban J connectivity index is 1.77. The van der Waals surface area contributed by atoms with Crippen molar-refractivity contribution in [2.45, 2.75) is 6.92 Å². The Morgan fingerprint density at radius 2 is 1.68 bits per heavy atom. The first-order chi connectivity index (χ1) is 13.5. The van der Waals surface area contributed by atoms with Gasteiger partial charge in [0.2, 0.25) is 0 Å². The number of methoxy groups -OCH3 is 1. The molecule has 0 fully saturated rings. The Morgan fingerprint density at radius 3 is 2.43 bits per heavy atom. The van der Waals surface area contributed by atoms with Crippen LogP contribution in [0.1, 0.15) is 36.0 Å². The van der Waals surface area contributed by atoms with Gasteiger partial charge in [0.1, 0.15) is 4.88 Å². The SMILES string of the molecule is COC(=O)c1ccc(NC(=O)c2ccccc2NC(=O)c2cccc(C)c2)s1. The molecular weight excluding hydrogens is 376 g/mol. The van der Waals surface area contributed by atoms with Gasteiger partial charge < -0.3 is 15.4 Å². The fourth-order valence-corrected chi connectivity index (χ4v) is 3.38. The van der Waals surface area contributed by atoms with Crippen LogP contribution in [0.2, 0.25) is 0 Å². The summed E-state index contributed by atoms with van der Waals surface area (Å²) in [5.74, 6) is -1.15. The van der Waals surface area contributed by atoms with E-state index in [0.29, 0.717) is 26.7 Å². The summed E-state index contributed by atoms with van der Waals surface area (Å²) in [6, 6.07) is 17.1. The molecule has 2 N–H and O–H groups in total. The minimum atomic E-state index is -0.462. The van der Waals surface area contributed by atoms with Crippen LogP contribution in [0.4, 0.5) is 10.7 Å². The standard InChI is InChI=1S/C21H18N2O4S/c1-13-6-5-7-14(12-13)19(24)22-16-9-4-3-8-15(16)20(25)23-18-11-10-17(28-18)21(26)27-2/h3-12H,1-2H3,(H,22,24)(H,23,25).